The van der Waals surface area contributed by atoms with Gasteiger partial charge in [-0.15, -0.1) is 6.58 Å². The molecule has 0 unspecified atom stereocenters. The molecule has 0 atom stereocenters. The fourth-order valence-corrected chi connectivity index (χ4v) is 5.21. The zero-order chi connectivity index (χ0) is 21.1. The van der Waals surface area contributed by atoms with Crippen LogP contribution in [0.4, 0.5) is 4.79 Å². The monoisotopic (exact) mass is 654 g/mol. The number of rotatable bonds is 6. The maximum Gasteiger partial charge on any atom is 0.329 e. The van der Waals surface area contributed by atoms with Gasteiger partial charge in [-0.25, -0.2) is 4.79 Å². The highest BCUT2D eigenvalue weighted by molar-refractivity contribution is 14.1. The van der Waals surface area contributed by atoms with E-state index in [4.69, 9.17) is 27.9 Å². The summed E-state index contributed by atoms with van der Waals surface area (Å²) in [5, 5.41) is 3.70. The van der Waals surface area contributed by atoms with Gasteiger partial charge in [0.05, 0.1) is 7.14 Å². The molecule has 0 spiro atoms. The average molecular weight is 655 g/mol. The molecule has 29 heavy (non-hydrogen) atoms. The Balaban J connectivity index is 1.80. The SMILES string of the molecule is C=CCN1C(=O)N/C(=C/c2cc(I)c(OCc3ccc(Cl)cc3Cl)c(I)c2)C1=O. The summed E-state index contributed by atoms with van der Waals surface area (Å²) >= 11 is 16.5. The fourth-order valence-electron chi connectivity index (χ4n) is 2.62. The lowest BCUT2D eigenvalue weighted by Crippen LogP contribution is -2.30. The highest BCUT2D eigenvalue weighted by Crippen LogP contribution is 2.31. The number of imide groups is 1. The second-order valence-electron chi connectivity index (χ2n) is 6.03. The van der Waals surface area contributed by atoms with Crippen molar-refractivity contribution in [2.24, 2.45) is 0 Å². The number of ether oxygens (including phenoxy) is 1. The second-order valence-corrected chi connectivity index (χ2v) is 9.20. The number of nitrogens with zero attached hydrogens (tertiary/aromatic N) is 1. The van der Waals surface area contributed by atoms with Gasteiger partial charge in [0.15, 0.2) is 0 Å². The molecule has 2 aromatic carbocycles. The Hall–Kier alpha value is -1.30. The number of halogens is 4. The number of amides is 3. The molecule has 9 heteroatoms. The summed E-state index contributed by atoms with van der Waals surface area (Å²) in [5.41, 5.74) is 1.83. The van der Waals surface area contributed by atoms with Crippen LogP contribution < -0.4 is 10.1 Å². The first-order valence-corrected chi connectivity index (χ1v) is 11.2. The van der Waals surface area contributed by atoms with Gasteiger partial charge in [0, 0.05) is 22.2 Å². The summed E-state index contributed by atoms with van der Waals surface area (Å²) in [6.45, 7) is 4.02. The third-order valence-electron chi connectivity index (χ3n) is 3.99. The van der Waals surface area contributed by atoms with Crippen LogP contribution in [0.1, 0.15) is 11.1 Å². The molecule has 1 N–H and O–H groups in total. The van der Waals surface area contributed by atoms with Crippen LogP contribution in [-0.4, -0.2) is 23.4 Å². The Morgan fingerprint density at radius 2 is 1.83 bits per heavy atom. The lowest BCUT2D eigenvalue weighted by molar-refractivity contribution is -0.122. The third-order valence-corrected chi connectivity index (χ3v) is 6.18. The van der Waals surface area contributed by atoms with Crippen LogP contribution in [0.2, 0.25) is 10.0 Å². The number of carbonyl (C=O) groups is 2. The summed E-state index contributed by atoms with van der Waals surface area (Å²) in [6, 6.07) is 8.57. The summed E-state index contributed by atoms with van der Waals surface area (Å²) in [6.07, 6.45) is 3.15. The molecule has 5 nitrogen and oxygen atoms in total. The van der Waals surface area contributed by atoms with E-state index in [1.807, 2.05) is 18.2 Å². The Morgan fingerprint density at radius 3 is 2.45 bits per heavy atom. The van der Waals surface area contributed by atoms with E-state index >= 15 is 0 Å². The molecule has 1 heterocycles. The molecule has 3 rings (SSSR count). The number of carbonyl (C=O) groups excluding carboxylic acids is 2. The van der Waals surface area contributed by atoms with Crippen LogP contribution >= 0.6 is 68.4 Å². The molecule has 0 saturated carbocycles. The molecule has 1 aliphatic rings. The lowest BCUT2D eigenvalue weighted by atomic mass is 10.2. The summed E-state index contributed by atoms with van der Waals surface area (Å²) < 4.78 is 7.70. The smallest absolute Gasteiger partial charge is 0.329 e. The van der Waals surface area contributed by atoms with Crippen LogP contribution in [0, 0.1) is 7.14 Å². The molecule has 1 aliphatic heterocycles. The van der Waals surface area contributed by atoms with Gasteiger partial charge in [0.1, 0.15) is 18.1 Å². The Morgan fingerprint density at radius 1 is 1.14 bits per heavy atom. The third kappa shape index (κ3) is 5.25. The summed E-state index contributed by atoms with van der Waals surface area (Å²) in [5.74, 6) is 0.340. The zero-order valence-electron chi connectivity index (χ0n) is 14.8. The number of hydrogen-bond donors (Lipinski definition) is 1. The Bertz CT molecular complexity index is 1020. The van der Waals surface area contributed by atoms with E-state index < -0.39 is 6.03 Å². The van der Waals surface area contributed by atoms with Crippen molar-refractivity contribution >= 4 is 86.4 Å². The normalized spacial score (nSPS) is 15.0. The van der Waals surface area contributed by atoms with Gasteiger partial charge in [-0.2, -0.15) is 0 Å². The van der Waals surface area contributed by atoms with Crippen LogP contribution in [0.5, 0.6) is 5.75 Å². The first-order chi connectivity index (χ1) is 13.8. The number of nitrogens with one attached hydrogen (secondary N) is 1. The van der Waals surface area contributed by atoms with E-state index in [1.165, 1.54) is 6.08 Å². The Labute approximate surface area is 205 Å². The van der Waals surface area contributed by atoms with Gasteiger partial charge >= 0.3 is 6.03 Å². The average Bonchev–Trinajstić information content (AvgIpc) is 2.90. The highest BCUT2D eigenvalue weighted by Gasteiger charge is 2.32. The minimum atomic E-state index is -0.453. The Kier molecular flexibility index (Phi) is 7.47. The maximum absolute atomic E-state index is 12.3. The van der Waals surface area contributed by atoms with Gasteiger partial charge in [-0.1, -0.05) is 35.3 Å². The number of benzene rings is 2. The molecular formula is C20H14Cl2I2N2O3. The van der Waals surface area contributed by atoms with E-state index in [2.05, 4.69) is 57.1 Å². The fraction of sp³-hybridized carbons (Fsp3) is 0.100. The van der Waals surface area contributed by atoms with E-state index in [1.54, 1.807) is 18.2 Å². The number of urea groups is 1. The van der Waals surface area contributed by atoms with Gasteiger partial charge in [0.25, 0.3) is 5.91 Å². The molecular weight excluding hydrogens is 641 g/mol. The quantitative estimate of drug-likeness (QED) is 0.184. The van der Waals surface area contributed by atoms with Crippen LogP contribution in [-0.2, 0) is 11.4 Å². The molecule has 1 saturated heterocycles. The molecule has 0 bridgehead atoms. The molecule has 0 aromatic heterocycles. The zero-order valence-corrected chi connectivity index (χ0v) is 20.7. The molecule has 3 amide bonds. The largest absolute Gasteiger partial charge is 0.487 e. The van der Waals surface area contributed by atoms with Crippen molar-refractivity contribution in [1.29, 1.82) is 0 Å². The molecule has 2 aromatic rings. The first-order valence-electron chi connectivity index (χ1n) is 8.31. The van der Waals surface area contributed by atoms with Gasteiger partial charge in [-0.05, 0) is 81.1 Å². The molecule has 0 aliphatic carbocycles. The van der Waals surface area contributed by atoms with Crippen molar-refractivity contribution in [3.8, 4) is 5.75 Å². The molecule has 1 fully saturated rings. The van der Waals surface area contributed by atoms with Crippen molar-refractivity contribution in [1.82, 2.24) is 10.2 Å². The van der Waals surface area contributed by atoms with Crippen LogP contribution in [0.15, 0.2) is 48.7 Å². The number of hydrogen-bond acceptors (Lipinski definition) is 3. The topological polar surface area (TPSA) is 58.6 Å². The lowest BCUT2D eigenvalue weighted by Gasteiger charge is -2.13. The van der Waals surface area contributed by atoms with Gasteiger partial charge in [0.2, 0.25) is 0 Å². The summed E-state index contributed by atoms with van der Waals surface area (Å²) in [7, 11) is 0. The van der Waals surface area contributed by atoms with Crippen molar-refractivity contribution in [3.05, 3.63) is 77.0 Å². The van der Waals surface area contributed by atoms with Crippen molar-refractivity contribution in [2.45, 2.75) is 6.61 Å². The van der Waals surface area contributed by atoms with E-state index in [0.29, 0.717) is 16.7 Å². The standard InChI is InChI=1S/C20H14Cl2I2N2O3/c1-2-5-26-19(27)17(25-20(26)28)8-11-6-15(23)18(16(24)7-11)29-10-12-3-4-13(21)9-14(12)22/h2-4,6-9H,1,5,10H2,(H,25,28)/b17-8+. The first kappa shape index (κ1) is 22.4. The molecule has 0 radical (unpaired) electrons. The summed E-state index contributed by atoms with van der Waals surface area (Å²) in [4.78, 5) is 25.3. The predicted molar refractivity (Wildman–Crippen MR) is 131 cm³/mol. The predicted octanol–water partition coefficient (Wildman–Crippen LogP) is 5.86. The van der Waals surface area contributed by atoms with Gasteiger partial charge in [-0.3, -0.25) is 9.69 Å². The van der Waals surface area contributed by atoms with Gasteiger partial charge < -0.3 is 10.1 Å². The van der Waals surface area contributed by atoms with E-state index in [9.17, 15) is 9.59 Å². The minimum absolute atomic E-state index is 0.164. The van der Waals surface area contributed by atoms with E-state index in [0.717, 1.165) is 28.9 Å². The van der Waals surface area contributed by atoms with Crippen LogP contribution in [0.25, 0.3) is 6.08 Å². The molecule has 150 valence electrons. The minimum Gasteiger partial charge on any atom is -0.487 e. The van der Waals surface area contributed by atoms with Crippen molar-refractivity contribution in [2.75, 3.05) is 6.54 Å². The van der Waals surface area contributed by atoms with Crippen LogP contribution in [0.3, 0.4) is 0 Å². The van der Waals surface area contributed by atoms with Crippen molar-refractivity contribution in [3.63, 3.8) is 0 Å². The second kappa shape index (κ2) is 9.67. The highest BCUT2D eigenvalue weighted by atomic mass is 127. The van der Waals surface area contributed by atoms with Crippen molar-refractivity contribution < 1.29 is 14.3 Å². The maximum atomic E-state index is 12.3. The van der Waals surface area contributed by atoms with E-state index in [-0.39, 0.29) is 18.1 Å².